The lowest BCUT2D eigenvalue weighted by atomic mass is 10.2. The predicted octanol–water partition coefficient (Wildman–Crippen LogP) is 2.62. The number of rotatable bonds is 4. The highest BCUT2D eigenvalue weighted by Crippen LogP contribution is 2.21. The quantitative estimate of drug-likeness (QED) is 0.367. The molecule has 0 radical (unpaired) electrons. The zero-order chi connectivity index (χ0) is 21.3. The summed E-state index contributed by atoms with van der Waals surface area (Å²) >= 11 is 0. The number of halogens is 1. The van der Waals surface area contributed by atoms with Crippen LogP contribution in [0, 0.1) is 0 Å². The smallest absolute Gasteiger partial charge is 0.308 e. The van der Waals surface area contributed by atoms with E-state index in [0.717, 1.165) is 12.1 Å². The molecule has 0 bridgehead atoms. The highest BCUT2D eigenvalue weighted by Gasteiger charge is 2.13. The van der Waals surface area contributed by atoms with Crippen LogP contribution in [0.2, 0.25) is 0 Å². The number of aromatic amines is 2. The van der Waals surface area contributed by atoms with Crippen molar-refractivity contribution in [2.24, 2.45) is 0 Å². The van der Waals surface area contributed by atoms with Gasteiger partial charge in [-0.05, 0) is 30.3 Å². The first-order valence-corrected chi connectivity index (χ1v) is 9.84. The van der Waals surface area contributed by atoms with E-state index >= 15 is 0 Å². The molecule has 0 spiro atoms. The number of hydrogen-bond acceptors (Lipinski definition) is 6. The number of fused-ring (bicyclic) bond motifs is 1. The number of carbonyl (C=O) groups is 1. The number of nitrogens with zero attached hydrogens (tertiary/aromatic N) is 2. The molecule has 2 amide bonds. The predicted molar refractivity (Wildman–Crippen MR) is 107 cm³/mol. The molecule has 10 nitrogen and oxygen atoms in total. The fourth-order valence-corrected chi connectivity index (χ4v) is 3.25. The minimum absolute atomic E-state index is 0.0954. The van der Waals surface area contributed by atoms with Gasteiger partial charge in [-0.25, -0.2) is 9.78 Å². The van der Waals surface area contributed by atoms with Crippen molar-refractivity contribution in [1.82, 2.24) is 20.2 Å². The molecule has 0 unspecified atom stereocenters. The second kappa shape index (κ2) is 7.40. The molecule has 0 saturated carbocycles. The number of hydrogen-bond donors (Lipinski definition) is 4. The molecule has 4 aromatic rings. The third kappa shape index (κ3) is 4.03. The van der Waals surface area contributed by atoms with Crippen LogP contribution in [0.25, 0.3) is 22.4 Å². The summed E-state index contributed by atoms with van der Waals surface area (Å²) in [5.74, 6) is 0.279. The number of anilines is 2. The number of benzene rings is 2. The summed E-state index contributed by atoms with van der Waals surface area (Å²) in [5, 5.41) is 11.7. The van der Waals surface area contributed by atoms with Gasteiger partial charge in [0.1, 0.15) is 16.1 Å². The van der Waals surface area contributed by atoms with Gasteiger partial charge >= 0.3 is 16.3 Å². The van der Waals surface area contributed by atoms with E-state index in [-0.39, 0.29) is 17.1 Å². The Morgan fingerprint density at radius 3 is 2.47 bits per heavy atom. The van der Waals surface area contributed by atoms with Crippen LogP contribution in [-0.4, -0.2) is 34.6 Å². The minimum Gasteiger partial charge on any atom is -0.308 e. The third-order valence-corrected chi connectivity index (χ3v) is 4.90. The minimum atomic E-state index is -4.89. The zero-order valence-corrected chi connectivity index (χ0v) is 15.8. The number of H-pyrrole nitrogens is 2. The zero-order valence-electron chi connectivity index (χ0n) is 15.0. The summed E-state index contributed by atoms with van der Waals surface area (Å²) in [6.45, 7) is 0. The van der Waals surface area contributed by atoms with Crippen LogP contribution < -0.4 is 16.2 Å². The van der Waals surface area contributed by atoms with Gasteiger partial charge in [0.05, 0.1) is 6.20 Å². The maximum Gasteiger partial charge on any atom is 0.332 e. The lowest BCUT2D eigenvalue weighted by Gasteiger charge is -2.09. The van der Waals surface area contributed by atoms with Gasteiger partial charge in [0.2, 0.25) is 0 Å². The molecule has 0 saturated heterocycles. The average Bonchev–Trinajstić information content (AvgIpc) is 3.17. The molecular formula is C18H13FN6O4S. The normalized spacial score (nSPS) is 11.4. The maximum absolute atomic E-state index is 13.1. The Hall–Kier alpha value is -4.06. The molecule has 2 heterocycles. The Morgan fingerprint density at radius 1 is 1.03 bits per heavy atom. The highest BCUT2D eigenvalue weighted by molar-refractivity contribution is 7.86. The van der Waals surface area contributed by atoms with Gasteiger partial charge in [-0.2, -0.15) is 13.5 Å². The SMILES string of the molecule is O=C(Nc1cccc(-c2nc3[nH]ncc3c(=O)[nH]2)c1)Nc1cccc(S(=O)(=O)F)c1. The van der Waals surface area contributed by atoms with Gasteiger partial charge in [-0.3, -0.25) is 9.89 Å². The number of nitrogens with one attached hydrogen (secondary N) is 4. The van der Waals surface area contributed by atoms with Crippen LogP contribution >= 0.6 is 0 Å². The van der Waals surface area contributed by atoms with Crippen LogP contribution in [0.4, 0.5) is 20.1 Å². The lowest BCUT2D eigenvalue weighted by Crippen LogP contribution is -2.19. The van der Waals surface area contributed by atoms with Gasteiger partial charge in [-0.15, -0.1) is 3.89 Å². The summed E-state index contributed by atoms with van der Waals surface area (Å²) in [7, 11) is -4.89. The lowest BCUT2D eigenvalue weighted by molar-refractivity contribution is 0.262. The first kappa shape index (κ1) is 19.3. The molecule has 2 aromatic carbocycles. The van der Waals surface area contributed by atoms with Crippen molar-refractivity contribution in [3.63, 3.8) is 0 Å². The second-order valence-corrected chi connectivity index (χ2v) is 7.52. The Kier molecular flexibility index (Phi) is 4.75. The summed E-state index contributed by atoms with van der Waals surface area (Å²) < 4.78 is 35.1. The monoisotopic (exact) mass is 428 g/mol. The second-order valence-electron chi connectivity index (χ2n) is 6.17. The Bertz CT molecular complexity index is 1430. The van der Waals surface area contributed by atoms with Crippen LogP contribution in [0.3, 0.4) is 0 Å². The fourth-order valence-electron chi connectivity index (χ4n) is 2.75. The van der Waals surface area contributed by atoms with E-state index in [2.05, 4.69) is 30.8 Å². The number of carbonyl (C=O) groups excluding carboxylic acids is 1. The molecule has 12 heteroatoms. The molecule has 0 atom stereocenters. The Labute approximate surface area is 168 Å². The van der Waals surface area contributed by atoms with Gasteiger partial charge in [0.15, 0.2) is 5.65 Å². The number of urea groups is 1. The Balaban J connectivity index is 1.54. The van der Waals surface area contributed by atoms with Gasteiger partial charge < -0.3 is 15.6 Å². The van der Waals surface area contributed by atoms with Crippen LogP contribution in [0.1, 0.15) is 0 Å². The summed E-state index contributed by atoms with van der Waals surface area (Å²) in [6.07, 6.45) is 1.37. The molecule has 2 aromatic heterocycles. The highest BCUT2D eigenvalue weighted by atomic mass is 32.3. The first-order chi connectivity index (χ1) is 14.3. The topological polar surface area (TPSA) is 150 Å². The molecule has 0 aliphatic heterocycles. The van der Waals surface area contributed by atoms with Crippen molar-refractivity contribution >= 4 is 38.7 Å². The summed E-state index contributed by atoms with van der Waals surface area (Å²) in [5.41, 5.74) is 0.978. The van der Waals surface area contributed by atoms with E-state index in [0.29, 0.717) is 22.3 Å². The van der Waals surface area contributed by atoms with Gasteiger partial charge in [0, 0.05) is 16.9 Å². The van der Waals surface area contributed by atoms with Crippen LogP contribution in [-0.2, 0) is 10.2 Å². The first-order valence-electron chi connectivity index (χ1n) is 8.46. The standard InChI is InChI=1S/C18H13FN6O4S/c19-30(28,29)13-6-2-5-12(8-13)22-18(27)21-11-4-1-3-10(7-11)15-23-16-14(9-20-25-16)17(26)24-15/h1-9H,(H2,21,22,27)(H2,20,23,24,25,26). The molecule has 30 heavy (non-hydrogen) atoms. The molecule has 152 valence electrons. The van der Waals surface area contributed by atoms with E-state index in [1.54, 1.807) is 24.3 Å². The van der Waals surface area contributed by atoms with E-state index in [1.165, 1.54) is 18.3 Å². The molecule has 4 N–H and O–H groups in total. The third-order valence-electron chi connectivity index (χ3n) is 4.09. The molecule has 0 aliphatic carbocycles. The fraction of sp³-hybridized carbons (Fsp3) is 0. The maximum atomic E-state index is 13.1. The summed E-state index contributed by atoms with van der Waals surface area (Å²) in [4.78, 5) is 30.7. The molecule has 0 aliphatic rings. The molecule has 0 fully saturated rings. The van der Waals surface area contributed by atoms with Crippen molar-refractivity contribution in [3.05, 3.63) is 65.1 Å². The Morgan fingerprint density at radius 2 is 1.73 bits per heavy atom. The van der Waals surface area contributed by atoms with Crippen molar-refractivity contribution in [2.75, 3.05) is 10.6 Å². The van der Waals surface area contributed by atoms with Gasteiger partial charge in [0.25, 0.3) is 5.56 Å². The molecule has 4 rings (SSSR count). The van der Waals surface area contributed by atoms with E-state index in [4.69, 9.17) is 0 Å². The van der Waals surface area contributed by atoms with E-state index < -0.39 is 21.1 Å². The summed E-state index contributed by atoms with van der Waals surface area (Å²) in [6, 6.07) is 10.7. The molecular weight excluding hydrogens is 415 g/mol. The van der Waals surface area contributed by atoms with Crippen molar-refractivity contribution < 1.29 is 17.1 Å². The average molecular weight is 428 g/mol. The van der Waals surface area contributed by atoms with Crippen molar-refractivity contribution in [1.29, 1.82) is 0 Å². The van der Waals surface area contributed by atoms with Crippen LogP contribution in [0.5, 0.6) is 0 Å². The van der Waals surface area contributed by atoms with Crippen molar-refractivity contribution in [3.8, 4) is 11.4 Å². The number of amides is 2. The van der Waals surface area contributed by atoms with Gasteiger partial charge in [-0.1, -0.05) is 18.2 Å². The number of aromatic nitrogens is 4. The van der Waals surface area contributed by atoms with Crippen molar-refractivity contribution in [2.45, 2.75) is 4.90 Å². The van der Waals surface area contributed by atoms with E-state index in [9.17, 15) is 21.9 Å². The van der Waals surface area contributed by atoms with E-state index in [1.807, 2.05) is 0 Å². The largest absolute Gasteiger partial charge is 0.332 e. The van der Waals surface area contributed by atoms with Crippen LogP contribution in [0.15, 0.2) is 64.4 Å².